The molecule has 0 aliphatic heterocycles. The SMILES string of the molecule is COc1ccc(OC(C)C(=O)OCC(=O)Nc2ccccc2C(=O)NC2CC2)cc1. The van der Waals surface area contributed by atoms with Gasteiger partial charge in [0.15, 0.2) is 12.7 Å². The molecule has 0 heterocycles. The van der Waals surface area contributed by atoms with Crippen molar-refractivity contribution in [2.24, 2.45) is 0 Å². The first kappa shape index (κ1) is 21.2. The third-order valence-corrected chi connectivity index (χ3v) is 4.41. The van der Waals surface area contributed by atoms with Crippen molar-refractivity contribution in [3.05, 3.63) is 54.1 Å². The second-order valence-electron chi connectivity index (χ2n) is 6.88. The number of para-hydroxylation sites is 1. The first-order valence-corrected chi connectivity index (χ1v) is 9.63. The van der Waals surface area contributed by atoms with Crippen LogP contribution < -0.4 is 20.1 Å². The standard InChI is InChI=1S/C22H24N2O6/c1-14(30-17-11-9-16(28-2)10-12-17)22(27)29-13-20(25)24-19-6-4-3-5-18(19)21(26)23-15-7-8-15/h3-6,9-12,14-15H,7-8,13H2,1-2H3,(H,23,26)(H,24,25). The third-order valence-electron chi connectivity index (χ3n) is 4.41. The molecule has 2 aromatic carbocycles. The number of rotatable bonds is 9. The Kier molecular flexibility index (Phi) is 6.90. The van der Waals surface area contributed by atoms with Crippen molar-refractivity contribution < 1.29 is 28.6 Å². The van der Waals surface area contributed by atoms with Gasteiger partial charge in [-0.3, -0.25) is 9.59 Å². The first-order valence-electron chi connectivity index (χ1n) is 9.63. The van der Waals surface area contributed by atoms with Gasteiger partial charge in [-0.2, -0.15) is 0 Å². The molecule has 2 amide bonds. The number of ether oxygens (including phenoxy) is 3. The molecule has 0 saturated heterocycles. The zero-order chi connectivity index (χ0) is 21.5. The highest BCUT2D eigenvalue weighted by Crippen LogP contribution is 2.22. The Labute approximate surface area is 174 Å². The van der Waals surface area contributed by atoms with E-state index in [2.05, 4.69) is 10.6 Å². The number of hydrogen-bond acceptors (Lipinski definition) is 6. The average Bonchev–Trinajstić information content (AvgIpc) is 3.56. The molecular weight excluding hydrogens is 388 g/mol. The molecule has 0 spiro atoms. The van der Waals surface area contributed by atoms with Gasteiger partial charge in [-0.15, -0.1) is 0 Å². The summed E-state index contributed by atoms with van der Waals surface area (Å²) >= 11 is 0. The quantitative estimate of drug-likeness (QED) is 0.614. The van der Waals surface area contributed by atoms with Crippen molar-refractivity contribution in [2.45, 2.75) is 31.9 Å². The summed E-state index contributed by atoms with van der Waals surface area (Å²) in [6.07, 6.45) is 1.03. The van der Waals surface area contributed by atoms with Crippen LogP contribution in [0.5, 0.6) is 11.5 Å². The van der Waals surface area contributed by atoms with Crippen molar-refractivity contribution >= 4 is 23.5 Å². The zero-order valence-corrected chi connectivity index (χ0v) is 16.8. The number of amides is 2. The average molecular weight is 412 g/mol. The molecule has 8 heteroatoms. The van der Waals surface area contributed by atoms with Crippen LogP contribution in [0, 0.1) is 0 Å². The number of nitrogens with one attached hydrogen (secondary N) is 2. The van der Waals surface area contributed by atoms with Crippen LogP contribution in [0.15, 0.2) is 48.5 Å². The maximum absolute atomic E-state index is 12.3. The highest BCUT2D eigenvalue weighted by atomic mass is 16.6. The van der Waals surface area contributed by atoms with Gasteiger partial charge in [0.2, 0.25) is 0 Å². The summed E-state index contributed by atoms with van der Waals surface area (Å²) in [4.78, 5) is 36.6. The van der Waals surface area contributed by atoms with Gasteiger partial charge < -0.3 is 24.8 Å². The second kappa shape index (κ2) is 9.78. The van der Waals surface area contributed by atoms with Crippen LogP contribution in [0.25, 0.3) is 0 Å². The Morgan fingerprint density at radius 3 is 2.37 bits per heavy atom. The Morgan fingerprint density at radius 2 is 1.70 bits per heavy atom. The van der Waals surface area contributed by atoms with E-state index in [4.69, 9.17) is 14.2 Å². The maximum Gasteiger partial charge on any atom is 0.347 e. The van der Waals surface area contributed by atoms with Crippen molar-refractivity contribution in [3.63, 3.8) is 0 Å². The summed E-state index contributed by atoms with van der Waals surface area (Å²) < 4.78 is 15.6. The van der Waals surface area contributed by atoms with Crippen LogP contribution in [0.1, 0.15) is 30.1 Å². The van der Waals surface area contributed by atoms with E-state index in [0.717, 1.165) is 12.8 Å². The first-order chi connectivity index (χ1) is 14.5. The van der Waals surface area contributed by atoms with E-state index in [9.17, 15) is 14.4 Å². The predicted octanol–water partition coefficient (Wildman–Crippen LogP) is 2.54. The number of carbonyl (C=O) groups is 3. The van der Waals surface area contributed by atoms with E-state index in [-0.39, 0.29) is 11.9 Å². The lowest BCUT2D eigenvalue weighted by atomic mass is 10.1. The number of hydrogen-bond donors (Lipinski definition) is 2. The molecule has 1 aliphatic carbocycles. The van der Waals surface area contributed by atoms with Crippen LogP contribution in [0.3, 0.4) is 0 Å². The summed E-state index contributed by atoms with van der Waals surface area (Å²) in [6.45, 7) is 1.04. The number of anilines is 1. The largest absolute Gasteiger partial charge is 0.497 e. The Bertz CT molecular complexity index is 908. The van der Waals surface area contributed by atoms with E-state index in [0.29, 0.717) is 22.7 Å². The Morgan fingerprint density at radius 1 is 1.03 bits per heavy atom. The fourth-order valence-electron chi connectivity index (χ4n) is 2.63. The van der Waals surface area contributed by atoms with Crippen molar-refractivity contribution in [3.8, 4) is 11.5 Å². The molecule has 1 fully saturated rings. The lowest BCUT2D eigenvalue weighted by Gasteiger charge is -2.15. The van der Waals surface area contributed by atoms with E-state index in [1.54, 1.807) is 55.6 Å². The maximum atomic E-state index is 12.3. The molecule has 2 N–H and O–H groups in total. The van der Waals surface area contributed by atoms with E-state index in [1.165, 1.54) is 6.92 Å². The number of esters is 1. The summed E-state index contributed by atoms with van der Waals surface area (Å²) in [6, 6.07) is 13.6. The third kappa shape index (κ3) is 5.97. The van der Waals surface area contributed by atoms with E-state index in [1.807, 2.05) is 0 Å². The minimum atomic E-state index is -0.900. The van der Waals surface area contributed by atoms with Gasteiger partial charge in [0.25, 0.3) is 11.8 Å². The summed E-state index contributed by atoms with van der Waals surface area (Å²) in [5.74, 6) is -0.333. The van der Waals surface area contributed by atoms with Crippen molar-refractivity contribution in [1.29, 1.82) is 0 Å². The summed E-state index contributed by atoms with van der Waals surface area (Å²) in [5, 5.41) is 5.49. The van der Waals surface area contributed by atoms with E-state index >= 15 is 0 Å². The molecule has 2 aromatic rings. The molecular formula is C22H24N2O6. The van der Waals surface area contributed by atoms with Crippen LogP contribution in [-0.4, -0.2) is 43.6 Å². The van der Waals surface area contributed by atoms with Gasteiger partial charge in [-0.05, 0) is 56.2 Å². The summed E-state index contributed by atoms with van der Waals surface area (Å²) in [7, 11) is 1.55. The van der Waals surface area contributed by atoms with Crippen LogP contribution in [0.4, 0.5) is 5.69 Å². The molecule has 1 saturated carbocycles. The highest BCUT2D eigenvalue weighted by Gasteiger charge is 2.25. The van der Waals surface area contributed by atoms with Crippen molar-refractivity contribution in [1.82, 2.24) is 5.32 Å². The summed E-state index contributed by atoms with van der Waals surface area (Å²) in [5.41, 5.74) is 0.722. The lowest BCUT2D eigenvalue weighted by Crippen LogP contribution is -2.30. The molecule has 30 heavy (non-hydrogen) atoms. The molecule has 1 aliphatic rings. The normalized spacial score (nSPS) is 13.7. The minimum absolute atomic E-state index is 0.203. The molecule has 1 unspecified atom stereocenters. The Hall–Kier alpha value is -3.55. The monoisotopic (exact) mass is 412 g/mol. The molecule has 3 rings (SSSR count). The van der Waals surface area contributed by atoms with E-state index < -0.39 is 24.6 Å². The Balaban J connectivity index is 1.49. The molecule has 8 nitrogen and oxygen atoms in total. The molecule has 0 radical (unpaired) electrons. The number of methoxy groups -OCH3 is 1. The number of carbonyl (C=O) groups excluding carboxylic acids is 3. The van der Waals surface area contributed by atoms with Gasteiger partial charge in [0.05, 0.1) is 18.4 Å². The fraction of sp³-hybridized carbons (Fsp3) is 0.318. The molecule has 158 valence electrons. The number of benzene rings is 2. The lowest BCUT2D eigenvalue weighted by molar-refractivity contribution is -0.153. The van der Waals surface area contributed by atoms with Gasteiger partial charge in [-0.25, -0.2) is 4.79 Å². The fourth-order valence-corrected chi connectivity index (χ4v) is 2.63. The minimum Gasteiger partial charge on any atom is -0.497 e. The van der Waals surface area contributed by atoms with Crippen LogP contribution in [-0.2, 0) is 14.3 Å². The van der Waals surface area contributed by atoms with Crippen LogP contribution in [0.2, 0.25) is 0 Å². The van der Waals surface area contributed by atoms with Gasteiger partial charge in [0.1, 0.15) is 11.5 Å². The van der Waals surface area contributed by atoms with Gasteiger partial charge >= 0.3 is 5.97 Å². The molecule has 1 atom stereocenters. The molecule has 0 aromatic heterocycles. The van der Waals surface area contributed by atoms with Gasteiger partial charge in [0, 0.05) is 6.04 Å². The topological polar surface area (TPSA) is 103 Å². The molecule has 0 bridgehead atoms. The second-order valence-corrected chi connectivity index (χ2v) is 6.88. The zero-order valence-electron chi connectivity index (χ0n) is 16.8. The predicted molar refractivity (Wildman–Crippen MR) is 110 cm³/mol. The smallest absolute Gasteiger partial charge is 0.347 e. The van der Waals surface area contributed by atoms with Crippen molar-refractivity contribution in [2.75, 3.05) is 19.0 Å². The highest BCUT2D eigenvalue weighted by molar-refractivity contribution is 6.04. The van der Waals surface area contributed by atoms with Gasteiger partial charge in [-0.1, -0.05) is 12.1 Å². The van der Waals surface area contributed by atoms with Crippen LogP contribution >= 0.6 is 0 Å².